The predicted octanol–water partition coefficient (Wildman–Crippen LogP) is 7.90. The molecule has 0 radical (unpaired) electrons. The van der Waals surface area contributed by atoms with Gasteiger partial charge in [-0.05, 0) is 43.4 Å². The number of allylic oxidation sites excluding steroid dienone is 1. The van der Waals surface area contributed by atoms with Gasteiger partial charge in [0.1, 0.15) is 0 Å². The molecule has 3 rings (SSSR count). The summed E-state index contributed by atoms with van der Waals surface area (Å²) in [6.45, 7) is 0. The van der Waals surface area contributed by atoms with Crippen LogP contribution >= 0.6 is 71.4 Å². The third-order valence-corrected chi connectivity index (χ3v) is 10.9. The van der Waals surface area contributed by atoms with E-state index in [1.807, 2.05) is 58.8 Å². The zero-order valence-corrected chi connectivity index (χ0v) is 18.0. The molecule has 0 aliphatic carbocycles. The molecule has 0 nitrogen and oxygen atoms in total. The van der Waals surface area contributed by atoms with Crippen LogP contribution in [0.5, 0.6) is 0 Å². The molecule has 0 amide bonds. The summed E-state index contributed by atoms with van der Waals surface area (Å²) in [5.74, 6) is 1.02. The first-order chi connectivity index (χ1) is 11.3. The molecular formula is C17H20S6. The van der Waals surface area contributed by atoms with E-state index >= 15 is 0 Å². The molecule has 1 aromatic carbocycles. The number of fused-ring (bicyclic) bond motifs is 1. The quantitative estimate of drug-likeness (QED) is 0.353. The van der Waals surface area contributed by atoms with Crippen molar-refractivity contribution in [2.75, 3.05) is 12.0 Å². The Kier molecular flexibility index (Phi) is 7.66. The van der Waals surface area contributed by atoms with Gasteiger partial charge < -0.3 is 0 Å². The molecule has 0 N–H and O–H groups in total. The second-order valence-electron chi connectivity index (χ2n) is 5.23. The highest BCUT2D eigenvalue weighted by atomic mass is 32.2. The van der Waals surface area contributed by atoms with E-state index in [4.69, 9.17) is 0 Å². The van der Waals surface area contributed by atoms with Gasteiger partial charge in [0.2, 0.25) is 0 Å². The maximum Gasteiger partial charge on any atom is 0.0708 e. The van der Waals surface area contributed by atoms with Gasteiger partial charge in [-0.15, -0.1) is 11.8 Å². The Morgan fingerprint density at radius 3 is 2.17 bits per heavy atom. The van der Waals surface area contributed by atoms with Crippen molar-refractivity contribution < 1.29 is 0 Å². The Morgan fingerprint density at radius 1 is 0.870 bits per heavy atom. The lowest BCUT2D eigenvalue weighted by Crippen LogP contribution is -1.82. The monoisotopic (exact) mass is 416 g/mol. The van der Waals surface area contributed by atoms with Gasteiger partial charge in [-0.3, -0.25) is 0 Å². The molecule has 0 atom stereocenters. The minimum Gasteiger partial charge on any atom is -0.179 e. The first kappa shape index (κ1) is 18.6. The summed E-state index contributed by atoms with van der Waals surface area (Å²) in [5.41, 5.74) is 0. The van der Waals surface area contributed by atoms with Crippen LogP contribution in [0.3, 0.4) is 0 Å². The molecule has 2 aliphatic heterocycles. The van der Waals surface area contributed by atoms with Crippen LogP contribution in [0.4, 0.5) is 0 Å². The summed E-state index contributed by atoms with van der Waals surface area (Å²) in [4.78, 5) is 4.41. The largest absolute Gasteiger partial charge is 0.179 e. The summed E-state index contributed by atoms with van der Waals surface area (Å²) in [6, 6.07) is 8.74. The van der Waals surface area contributed by atoms with Crippen LogP contribution in [-0.2, 0) is 0 Å². The second-order valence-corrected chi connectivity index (χ2v) is 11.5. The van der Waals surface area contributed by atoms with Gasteiger partial charge in [-0.2, -0.15) is 12.6 Å². The maximum absolute atomic E-state index is 4.29. The Bertz CT molecular complexity index is 592. The molecule has 2 heterocycles. The number of thioether (sulfide) groups is 5. The average molecular weight is 417 g/mol. The first-order valence-electron chi connectivity index (χ1n) is 7.74. The molecular weight excluding hydrogens is 397 g/mol. The topological polar surface area (TPSA) is 0 Å². The van der Waals surface area contributed by atoms with Crippen LogP contribution in [0.25, 0.3) is 0 Å². The minimum atomic E-state index is 1.02. The van der Waals surface area contributed by atoms with Gasteiger partial charge in [0.15, 0.2) is 0 Å². The third kappa shape index (κ3) is 4.91. The average Bonchev–Trinajstić information content (AvgIpc) is 3.18. The number of benzene rings is 1. The smallest absolute Gasteiger partial charge is 0.0708 e. The summed E-state index contributed by atoms with van der Waals surface area (Å²) < 4.78 is 4.48. The zero-order chi connectivity index (χ0) is 16.1. The molecule has 0 aromatic heterocycles. The first-order valence-corrected chi connectivity index (χ1v) is 12.9. The molecule has 0 bridgehead atoms. The Labute approximate surface area is 166 Å². The predicted molar refractivity (Wildman–Crippen MR) is 118 cm³/mol. The van der Waals surface area contributed by atoms with Crippen molar-refractivity contribution in [1.29, 1.82) is 0 Å². The highest BCUT2D eigenvalue weighted by molar-refractivity contribution is 8.37. The third-order valence-electron chi connectivity index (χ3n) is 3.55. The fourth-order valence-corrected chi connectivity index (χ4v) is 9.28. The highest BCUT2D eigenvalue weighted by Crippen LogP contribution is 2.62. The fourth-order valence-electron chi connectivity index (χ4n) is 2.38. The van der Waals surface area contributed by atoms with E-state index in [0.29, 0.717) is 0 Å². The Hall–Kier alpha value is 0.800. The van der Waals surface area contributed by atoms with E-state index in [9.17, 15) is 0 Å². The van der Waals surface area contributed by atoms with Crippen LogP contribution in [0, 0.1) is 0 Å². The molecule has 0 spiro atoms. The van der Waals surface area contributed by atoms with Crippen molar-refractivity contribution in [3.63, 3.8) is 0 Å². The van der Waals surface area contributed by atoms with Crippen LogP contribution in [0.1, 0.15) is 32.1 Å². The summed E-state index contributed by atoms with van der Waals surface area (Å²) in [7, 11) is 0. The second kappa shape index (κ2) is 9.48. The van der Waals surface area contributed by atoms with Gasteiger partial charge in [-0.1, -0.05) is 72.0 Å². The summed E-state index contributed by atoms with van der Waals surface area (Å²) >= 11 is 14.1. The summed E-state index contributed by atoms with van der Waals surface area (Å²) in [5, 5.41) is 0. The van der Waals surface area contributed by atoms with Gasteiger partial charge in [0, 0.05) is 14.7 Å². The number of thiol groups is 1. The lowest BCUT2D eigenvalue weighted by atomic mass is 10.1. The molecule has 0 saturated carbocycles. The van der Waals surface area contributed by atoms with Crippen molar-refractivity contribution in [3.05, 3.63) is 41.9 Å². The van der Waals surface area contributed by atoms with Crippen molar-refractivity contribution in [1.82, 2.24) is 0 Å². The number of rotatable bonds is 7. The van der Waals surface area contributed by atoms with Crippen molar-refractivity contribution in [3.8, 4) is 0 Å². The van der Waals surface area contributed by atoms with E-state index in [2.05, 4.69) is 43.2 Å². The molecule has 0 unspecified atom stereocenters. The van der Waals surface area contributed by atoms with Gasteiger partial charge in [0.05, 0.1) is 12.7 Å². The molecule has 6 heteroatoms. The minimum absolute atomic E-state index is 1.02. The number of hydrogen-bond acceptors (Lipinski definition) is 6. The van der Waals surface area contributed by atoms with Crippen LogP contribution in [0.15, 0.2) is 51.7 Å². The molecule has 0 saturated heterocycles. The molecule has 23 heavy (non-hydrogen) atoms. The Morgan fingerprint density at radius 2 is 1.52 bits per heavy atom. The lowest BCUT2D eigenvalue weighted by Gasteiger charge is -2.03. The maximum atomic E-state index is 4.29. The molecule has 0 fully saturated rings. The number of hydrogen-bond donors (Lipinski definition) is 1. The highest BCUT2D eigenvalue weighted by Gasteiger charge is 2.27. The van der Waals surface area contributed by atoms with Crippen LogP contribution in [-0.4, -0.2) is 12.0 Å². The number of unbranched alkanes of at least 4 members (excludes halogenated alkanes) is 3. The zero-order valence-electron chi connectivity index (χ0n) is 13.0. The molecule has 2 aliphatic rings. The van der Waals surface area contributed by atoms with E-state index < -0.39 is 0 Å². The van der Waals surface area contributed by atoms with Crippen molar-refractivity contribution in [2.24, 2.45) is 0 Å². The lowest BCUT2D eigenvalue weighted by molar-refractivity contribution is 0.676. The van der Waals surface area contributed by atoms with Crippen molar-refractivity contribution in [2.45, 2.75) is 41.9 Å². The van der Waals surface area contributed by atoms with Crippen molar-refractivity contribution >= 4 is 71.4 Å². The fraction of sp³-hybridized carbons (Fsp3) is 0.412. The van der Waals surface area contributed by atoms with E-state index in [1.165, 1.54) is 54.6 Å². The van der Waals surface area contributed by atoms with Gasteiger partial charge >= 0.3 is 0 Å². The van der Waals surface area contributed by atoms with Crippen LogP contribution < -0.4 is 0 Å². The van der Waals surface area contributed by atoms with Gasteiger partial charge in [0.25, 0.3) is 0 Å². The normalized spacial score (nSPS) is 17.3. The van der Waals surface area contributed by atoms with E-state index in [0.717, 1.165) is 5.75 Å². The van der Waals surface area contributed by atoms with Gasteiger partial charge in [-0.25, -0.2) is 0 Å². The summed E-state index contributed by atoms with van der Waals surface area (Å²) in [6.07, 6.45) is 8.65. The Balaban J connectivity index is 1.60. The van der Waals surface area contributed by atoms with E-state index in [1.54, 1.807) is 4.91 Å². The van der Waals surface area contributed by atoms with Crippen LogP contribution in [0.2, 0.25) is 0 Å². The standard InChI is InChI=1S/C17H20S6/c1-19-15-14(10-4-2-3-7-11-18)22-17(23-15)16-20-12-8-5-6-9-13(12)21-16/h5-6,8-9,18H,2-4,7,10-11H2,1H3. The van der Waals surface area contributed by atoms with E-state index in [-0.39, 0.29) is 0 Å². The SMILES string of the molecule is CSC1=C(CCCCCCS)SC(=C2Sc3ccccc3S2)S1. The molecule has 1 aromatic rings. The molecule has 124 valence electrons.